The highest BCUT2D eigenvalue weighted by Crippen LogP contribution is 2.43. The molecule has 0 bridgehead atoms. The predicted molar refractivity (Wildman–Crippen MR) is 76.7 cm³/mol. The van der Waals surface area contributed by atoms with Gasteiger partial charge in [-0.1, -0.05) is 11.6 Å². The molecule has 0 N–H and O–H groups in total. The minimum absolute atomic E-state index is 0.183. The lowest BCUT2D eigenvalue weighted by molar-refractivity contribution is 0.120. The van der Waals surface area contributed by atoms with Gasteiger partial charge in [0.25, 0.3) is 0 Å². The van der Waals surface area contributed by atoms with E-state index in [1.807, 2.05) is 6.07 Å². The molecule has 1 aliphatic rings. The minimum Gasteiger partial charge on any atom is -0.493 e. The molecule has 106 valence electrons. The fourth-order valence-electron chi connectivity index (χ4n) is 2.39. The van der Waals surface area contributed by atoms with Crippen molar-refractivity contribution in [1.29, 1.82) is 0 Å². The zero-order chi connectivity index (χ0) is 14.0. The second kappa shape index (κ2) is 6.21. The van der Waals surface area contributed by atoms with Gasteiger partial charge in [0.15, 0.2) is 11.5 Å². The molecule has 1 aromatic carbocycles. The zero-order valence-electron chi connectivity index (χ0n) is 11.3. The highest BCUT2D eigenvalue weighted by atomic mass is 35.5. The number of hydrogen-bond acceptors (Lipinski definition) is 3. The summed E-state index contributed by atoms with van der Waals surface area (Å²) >= 11 is 12.8. The van der Waals surface area contributed by atoms with Gasteiger partial charge in [0.1, 0.15) is 0 Å². The number of ether oxygens (including phenoxy) is 3. The lowest BCUT2D eigenvalue weighted by Gasteiger charge is -2.19. The molecule has 1 heterocycles. The monoisotopic (exact) mass is 304 g/mol. The molecule has 1 fully saturated rings. The molecule has 0 spiro atoms. The van der Waals surface area contributed by atoms with Crippen LogP contribution in [0.15, 0.2) is 12.1 Å². The third kappa shape index (κ3) is 3.10. The van der Waals surface area contributed by atoms with Crippen molar-refractivity contribution in [3.63, 3.8) is 0 Å². The van der Waals surface area contributed by atoms with E-state index in [0.29, 0.717) is 23.1 Å². The van der Waals surface area contributed by atoms with Crippen LogP contribution < -0.4 is 9.47 Å². The molecule has 0 aromatic heterocycles. The van der Waals surface area contributed by atoms with Gasteiger partial charge in [0, 0.05) is 17.0 Å². The maximum atomic E-state index is 6.55. The topological polar surface area (TPSA) is 27.7 Å². The molecule has 1 aromatic rings. The number of hydrogen-bond donors (Lipinski definition) is 0. The van der Waals surface area contributed by atoms with Crippen molar-refractivity contribution in [2.45, 2.75) is 24.8 Å². The molecule has 3 unspecified atom stereocenters. The van der Waals surface area contributed by atoms with Crippen LogP contribution in [0, 0.1) is 5.92 Å². The lowest BCUT2D eigenvalue weighted by atomic mass is 9.96. The summed E-state index contributed by atoms with van der Waals surface area (Å²) in [4.78, 5) is 0. The van der Waals surface area contributed by atoms with Gasteiger partial charge in [-0.25, -0.2) is 0 Å². The number of alkyl halides is 1. The average molecular weight is 305 g/mol. The summed E-state index contributed by atoms with van der Waals surface area (Å²) in [6.07, 6.45) is 1.20. The Balaban J connectivity index is 2.28. The van der Waals surface area contributed by atoms with Crippen LogP contribution in [0.4, 0.5) is 0 Å². The van der Waals surface area contributed by atoms with Gasteiger partial charge in [0.05, 0.1) is 32.3 Å². The van der Waals surface area contributed by atoms with E-state index in [1.54, 1.807) is 20.3 Å². The fourth-order valence-corrected chi connectivity index (χ4v) is 3.07. The Morgan fingerprint density at radius 2 is 1.89 bits per heavy atom. The van der Waals surface area contributed by atoms with E-state index in [1.165, 1.54) is 0 Å². The summed E-state index contributed by atoms with van der Waals surface area (Å²) < 4.78 is 16.1. The molecular weight excluding hydrogens is 287 g/mol. The normalized spacial score (nSPS) is 24.3. The van der Waals surface area contributed by atoms with Gasteiger partial charge in [-0.05, 0) is 25.0 Å². The van der Waals surface area contributed by atoms with Crippen LogP contribution in [0.3, 0.4) is 0 Å². The van der Waals surface area contributed by atoms with Gasteiger partial charge >= 0.3 is 0 Å². The molecule has 19 heavy (non-hydrogen) atoms. The largest absolute Gasteiger partial charge is 0.493 e. The number of halogens is 2. The minimum atomic E-state index is -0.183. The molecule has 1 aliphatic heterocycles. The fraction of sp³-hybridized carbons (Fsp3) is 0.571. The second-order valence-corrected chi connectivity index (χ2v) is 5.65. The Hall–Kier alpha value is -0.640. The summed E-state index contributed by atoms with van der Waals surface area (Å²) in [5.74, 6) is 1.52. The summed E-state index contributed by atoms with van der Waals surface area (Å²) in [5.41, 5.74) is 0.865. The summed E-state index contributed by atoms with van der Waals surface area (Å²) in [7, 11) is 3.18. The van der Waals surface area contributed by atoms with E-state index in [2.05, 4.69) is 6.92 Å². The van der Waals surface area contributed by atoms with Crippen molar-refractivity contribution in [3.8, 4) is 11.5 Å². The van der Waals surface area contributed by atoms with Gasteiger partial charge < -0.3 is 14.2 Å². The Labute approximate surface area is 123 Å². The first kappa shape index (κ1) is 14.8. The second-order valence-electron chi connectivity index (χ2n) is 4.77. The summed E-state index contributed by atoms with van der Waals surface area (Å²) in [6.45, 7) is 2.72. The SMILES string of the molecule is COc1cc(Cl)c(C(Cl)C2COC(C)C2)cc1OC. The summed E-state index contributed by atoms with van der Waals surface area (Å²) in [5, 5.41) is 0.412. The molecule has 0 aliphatic carbocycles. The van der Waals surface area contributed by atoms with Crippen molar-refractivity contribution < 1.29 is 14.2 Å². The van der Waals surface area contributed by atoms with Gasteiger partial charge in [-0.3, -0.25) is 0 Å². The van der Waals surface area contributed by atoms with Crippen LogP contribution in [0.5, 0.6) is 11.5 Å². The predicted octanol–water partition coefficient (Wildman–Crippen LogP) is 4.06. The van der Waals surface area contributed by atoms with E-state index in [0.717, 1.165) is 12.0 Å². The maximum Gasteiger partial charge on any atom is 0.162 e. The number of benzene rings is 1. The maximum absolute atomic E-state index is 6.55. The van der Waals surface area contributed by atoms with Crippen LogP contribution in [0.25, 0.3) is 0 Å². The first-order valence-electron chi connectivity index (χ1n) is 6.24. The van der Waals surface area contributed by atoms with Crippen molar-refractivity contribution >= 4 is 23.2 Å². The van der Waals surface area contributed by atoms with E-state index in [9.17, 15) is 0 Å². The summed E-state index contributed by atoms with van der Waals surface area (Å²) in [6, 6.07) is 3.59. The molecule has 3 nitrogen and oxygen atoms in total. The van der Waals surface area contributed by atoms with Gasteiger partial charge in [-0.15, -0.1) is 11.6 Å². The smallest absolute Gasteiger partial charge is 0.162 e. The molecule has 0 radical (unpaired) electrons. The Morgan fingerprint density at radius 1 is 1.26 bits per heavy atom. The molecular formula is C14H18Cl2O3. The molecule has 5 heteroatoms. The van der Waals surface area contributed by atoms with Crippen molar-refractivity contribution in [1.82, 2.24) is 0 Å². The Bertz CT molecular complexity index is 451. The van der Waals surface area contributed by atoms with Crippen LogP contribution in [0.1, 0.15) is 24.3 Å². The number of methoxy groups -OCH3 is 2. The van der Waals surface area contributed by atoms with Gasteiger partial charge in [0.2, 0.25) is 0 Å². The highest BCUT2D eigenvalue weighted by molar-refractivity contribution is 6.33. The lowest BCUT2D eigenvalue weighted by Crippen LogP contribution is -2.09. The molecule has 1 saturated heterocycles. The molecule has 2 rings (SSSR count). The molecule has 3 atom stereocenters. The van der Waals surface area contributed by atoms with E-state index in [-0.39, 0.29) is 17.4 Å². The van der Waals surface area contributed by atoms with E-state index >= 15 is 0 Å². The van der Waals surface area contributed by atoms with Crippen LogP contribution in [0.2, 0.25) is 5.02 Å². The van der Waals surface area contributed by atoms with Crippen LogP contribution in [-0.4, -0.2) is 26.9 Å². The third-order valence-electron chi connectivity index (χ3n) is 3.44. The Morgan fingerprint density at radius 3 is 2.42 bits per heavy atom. The zero-order valence-corrected chi connectivity index (χ0v) is 12.8. The molecule has 0 amide bonds. The first-order chi connectivity index (χ1) is 9.06. The van der Waals surface area contributed by atoms with Crippen molar-refractivity contribution in [3.05, 3.63) is 22.7 Å². The quantitative estimate of drug-likeness (QED) is 0.785. The van der Waals surface area contributed by atoms with E-state index in [4.69, 9.17) is 37.4 Å². The third-order valence-corrected chi connectivity index (χ3v) is 4.36. The van der Waals surface area contributed by atoms with Crippen LogP contribution >= 0.6 is 23.2 Å². The highest BCUT2D eigenvalue weighted by Gasteiger charge is 2.31. The molecule has 0 saturated carbocycles. The Kier molecular flexibility index (Phi) is 4.82. The van der Waals surface area contributed by atoms with E-state index < -0.39 is 0 Å². The van der Waals surface area contributed by atoms with Crippen molar-refractivity contribution in [2.75, 3.05) is 20.8 Å². The number of rotatable bonds is 4. The van der Waals surface area contributed by atoms with Gasteiger partial charge in [-0.2, -0.15) is 0 Å². The average Bonchev–Trinajstić information content (AvgIpc) is 2.84. The first-order valence-corrected chi connectivity index (χ1v) is 7.05. The van der Waals surface area contributed by atoms with Crippen LogP contribution in [-0.2, 0) is 4.74 Å². The standard InChI is InChI=1S/C14H18Cl2O3/c1-8-4-9(7-19-8)14(16)10-5-12(17-2)13(18-3)6-11(10)15/h5-6,8-9,14H,4,7H2,1-3H3. The van der Waals surface area contributed by atoms with Crippen molar-refractivity contribution in [2.24, 2.45) is 5.92 Å².